The van der Waals surface area contributed by atoms with Crippen LogP contribution in [0.4, 0.5) is 0 Å². The molecular weight excluding hydrogens is 172 g/mol. The van der Waals surface area contributed by atoms with Crippen LogP contribution in [0.25, 0.3) is 0 Å². The Bertz CT molecular complexity index is 306. The molecule has 0 saturated heterocycles. The van der Waals surface area contributed by atoms with Crippen molar-refractivity contribution in [3.05, 3.63) is 17.5 Å². The molecule has 0 fully saturated rings. The minimum Gasteiger partial charge on any atom is -0.476 e. The van der Waals surface area contributed by atoms with E-state index in [1.807, 2.05) is 6.92 Å². The Balaban J connectivity index is 2.77. The molecule has 0 aromatic carbocycles. The monoisotopic (exact) mass is 184 g/mol. The Morgan fingerprint density at radius 2 is 2.46 bits per heavy atom. The second-order valence-corrected chi connectivity index (χ2v) is 2.69. The second-order valence-electron chi connectivity index (χ2n) is 2.69. The maximum Gasteiger partial charge on any atom is 0.356 e. The minimum absolute atomic E-state index is 0.0774. The molecule has 72 valence electrons. The Labute approximate surface area is 75.9 Å². The summed E-state index contributed by atoms with van der Waals surface area (Å²) in [5, 5.41) is 12.5. The molecule has 0 amide bonds. The second kappa shape index (κ2) is 4.04. The molecule has 0 spiro atoms. The maximum atomic E-state index is 10.5. The van der Waals surface area contributed by atoms with E-state index in [4.69, 9.17) is 9.84 Å². The average Bonchev–Trinajstić information content (AvgIpc) is 2.44. The third-order valence-corrected chi connectivity index (χ3v) is 1.71. The third-order valence-electron chi connectivity index (χ3n) is 1.71. The minimum atomic E-state index is -1.00. The lowest BCUT2D eigenvalue weighted by atomic mass is 10.4. The molecule has 0 saturated carbocycles. The van der Waals surface area contributed by atoms with Gasteiger partial charge in [-0.3, -0.25) is 4.68 Å². The number of aromatic carboxylic acids is 1. The molecule has 1 N–H and O–H groups in total. The lowest BCUT2D eigenvalue weighted by molar-refractivity contribution is 0.0689. The predicted molar refractivity (Wildman–Crippen MR) is 45.8 cm³/mol. The summed E-state index contributed by atoms with van der Waals surface area (Å²) in [4.78, 5) is 10.5. The lowest BCUT2D eigenvalue weighted by Gasteiger charge is -2.01. The highest BCUT2D eigenvalue weighted by molar-refractivity contribution is 5.85. The first-order valence-electron chi connectivity index (χ1n) is 3.92. The number of hydrogen-bond donors (Lipinski definition) is 1. The van der Waals surface area contributed by atoms with Crippen molar-refractivity contribution in [3.63, 3.8) is 0 Å². The number of carboxylic acids is 1. The standard InChI is InChI=1S/C8H12N2O3/c1-6-5-7(8(11)12)9-10(6)3-4-13-2/h5H,3-4H2,1-2H3,(H,11,12). The third kappa shape index (κ3) is 2.29. The number of rotatable bonds is 4. The molecule has 1 aromatic rings. The fourth-order valence-corrected chi connectivity index (χ4v) is 1.02. The van der Waals surface area contributed by atoms with Gasteiger partial charge in [-0.25, -0.2) is 4.79 Å². The summed E-state index contributed by atoms with van der Waals surface area (Å²) in [6.07, 6.45) is 0. The van der Waals surface area contributed by atoms with E-state index in [1.54, 1.807) is 11.8 Å². The number of hydrogen-bond acceptors (Lipinski definition) is 3. The van der Waals surface area contributed by atoms with E-state index in [0.717, 1.165) is 5.69 Å². The van der Waals surface area contributed by atoms with Crippen LogP contribution in [0.2, 0.25) is 0 Å². The maximum absolute atomic E-state index is 10.5. The van der Waals surface area contributed by atoms with E-state index < -0.39 is 5.97 Å². The Morgan fingerprint density at radius 3 is 2.92 bits per heavy atom. The van der Waals surface area contributed by atoms with Crippen molar-refractivity contribution >= 4 is 5.97 Å². The van der Waals surface area contributed by atoms with Crippen molar-refractivity contribution in [2.45, 2.75) is 13.5 Å². The molecule has 0 aliphatic rings. The normalized spacial score (nSPS) is 10.3. The molecule has 1 heterocycles. The molecule has 0 aliphatic heterocycles. The van der Waals surface area contributed by atoms with Crippen LogP contribution >= 0.6 is 0 Å². The SMILES string of the molecule is COCCn1nc(C(=O)O)cc1C. The van der Waals surface area contributed by atoms with Crippen molar-refractivity contribution < 1.29 is 14.6 Å². The van der Waals surface area contributed by atoms with Crippen molar-refractivity contribution in [1.29, 1.82) is 0 Å². The van der Waals surface area contributed by atoms with E-state index in [2.05, 4.69) is 5.10 Å². The molecular formula is C8H12N2O3. The summed E-state index contributed by atoms with van der Waals surface area (Å²) in [6, 6.07) is 1.54. The number of carboxylic acid groups (broad SMARTS) is 1. The van der Waals surface area contributed by atoms with Crippen LogP contribution in [0, 0.1) is 6.92 Å². The number of aryl methyl sites for hydroxylation is 1. The molecule has 0 aliphatic carbocycles. The molecule has 1 aromatic heterocycles. The quantitative estimate of drug-likeness (QED) is 0.741. The summed E-state index contributed by atoms with van der Waals surface area (Å²) in [7, 11) is 1.59. The molecule has 5 heteroatoms. The fraction of sp³-hybridized carbons (Fsp3) is 0.500. The highest BCUT2D eigenvalue weighted by Gasteiger charge is 2.09. The summed E-state index contributed by atoms with van der Waals surface area (Å²) in [5.41, 5.74) is 0.906. The largest absolute Gasteiger partial charge is 0.476 e. The van der Waals surface area contributed by atoms with E-state index in [9.17, 15) is 4.79 Å². The fourth-order valence-electron chi connectivity index (χ4n) is 1.02. The zero-order chi connectivity index (χ0) is 9.84. The molecule has 0 unspecified atom stereocenters. The highest BCUT2D eigenvalue weighted by atomic mass is 16.5. The van der Waals surface area contributed by atoms with E-state index in [1.165, 1.54) is 6.07 Å². The Hall–Kier alpha value is -1.36. The Morgan fingerprint density at radius 1 is 1.77 bits per heavy atom. The lowest BCUT2D eigenvalue weighted by Crippen LogP contribution is -2.08. The molecule has 13 heavy (non-hydrogen) atoms. The van der Waals surface area contributed by atoms with Gasteiger partial charge in [0.25, 0.3) is 0 Å². The van der Waals surface area contributed by atoms with E-state index >= 15 is 0 Å². The first-order chi connectivity index (χ1) is 6.15. The zero-order valence-electron chi connectivity index (χ0n) is 7.65. The Kier molecular flexibility index (Phi) is 3.02. The highest BCUT2D eigenvalue weighted by Crippen LogP contribution is 2.02. The van der Waals surface area contributed by atoms with Gasteiger partial charge in [0.15, 0.2) is 5.69 Å². The van der Waals surface area contributed by atoms with Crippen molar-refractivity contribution in [2.24, 2.45) is 0 Å². The van der Waals surface area contributed by atoms with E-state index in [-0.39, 0.29) is 5.69 Å². The van der Waals surface area contributed by atoms with Gasteiger partial charge in [-0.05, 0) is 13.0 Å². The van der Waals surface area contributed by atoms with Crippen molar-refractivity contribution in [3.8, 4) is 0 Å². The summed E-state index contributed by atoms with van der Waals surface area (Å²) in [5.74, 6) is -1.00. The first-order valence-corrected chi connectivity index (χ1v) is 3.92. The van der Waals surface area contributed by atoms with Crippen molar-refractivity contribution in [2.75, 3.05) is 13.7 Å². The number of carbonyl (C=O) groups is 1. The molecule has 0 atom stereocenters. The van der Waals surface area contributed by atoms with Gasteiger partial charge in [0.05, 0.1) is 13.2 Å². The van der Waals surface area contributed by atoms with Crippen LogP contribution in [-0.2, 0) is 11.3 Å². The van der Waals surface area contributed by atoms with Crippen LogP contribution in [0.15, 0.2) is 6.07 Å². The number of nitrogens with zero attached hydrogens (tertiary/aromatic N) is 2. The molecule has 5 nitrogen and oxygen atoms in total. The summed E-state index contributed by atoms with van der Waals surface area (Å²) >= 11 is 0. The zero-order valence-corrected chi connectivity index (χ0v) is 7.65. The molecule has 0 bridgehead atoms. The number of ether oxygens (including phenoxy) is 1. The van der Waals surface area contributed by atoms with Crippen LogP contribution in [0.3, 0.4) is 0 Å². The van der Waals surface area contributed by atoms with Crippen molar-refractivity contribution in [1.82, 2.24) is 9.78 Å². The summed E-state index contributed by atoms with van der Waals surface area (Å²) in [6.45, 7) is 2.92. The molecule has 1 rings (SSSR count). The van der Waals surface area contributed by atoms with Crippen LogP contribution in [0.5, 0.6) is 0 Å². The van der Waals surface area contributed by atoms with Gasteiger partial charge in [-0.2, -0.15) is 5.10 Å². The first kappa shape index (κ1) is 9.73. The number of aromatic nitrogens is 2. The smallest absolute Gasteiger partial charge is 0.356 e. The van der Waals surface area contributed by atoms with Gasteiger partial charge < -0.3 is 9.84 Å². The van der Waals surface area contributed by atoms with Gasteiger partial charge in [0, 0.05) is 12.8 Å². The van der Waals surface area contributed by atoms with Gasteiger partial charge in [0.1, 0.15) is 0 Å². The summed E-state index contributed by atoms with van der Waals surface area (Å²) < 4.78 is 6.48. The topological polar surface area (TPSA) is 64.4 Å². The van der Waals surface area contributed by atoms with Gasteiger partial charge in [0.2, 0.25) is 0 Å². The van der Waals surface area contributed by atoms with E-state index in [0.29, 0.717) is 13.2 Å². The van der Waals surface area contributed by atoms with Gasteiger partial charge in [-0.15, -0.1) is 0 Å². The van der Waals surface area contributed by atoms with Gasteiger partial charge in [-0.1, -0.05) is 0 Å². The number of methoxy groups -OCH3 is 1. The van der Waals surface area contributed by atoms with Crippen LogP contribution < -0.4 is 0 Å². The average molecular weight is 184 g/mol. The van der Waals surface area contributed by atoms with Gasteiger partial charge >= 0.3 is 5.97 Å². The van der Waals surface area contributed by atoms with Crippen LogP contribution in [0.1, 0.15) is 16.2 Å². The predicted octanol–water partition coefficient (Wildman–Crippen LogP) is 0.536. The van der Waals surface area contributed by atoms with Crippen LogP contribution in [-0.4, -0.2) is 34.6 Å². The molecule has 0 radical (unpaired) electrons.